The third-order valence-corrected chi connectivity index (χ3v) is 2.27. The van der Waals surface area contributed by atoms with Crippen LogP contribution in [-0.4, -0.2) is 34.4 Å². The van der Waals surface area contributed by atoms with Crippen molar-refractivity contribution in [2.24, 2.45) is 0 Å². The van der Waals surface area contributed by atoms with Crippen molar-refractivity contribution in [2.75, 3.05) is 13.1 Å². The zero-order chi connectivity index (χ0) is 10.4. The molecule has 0 aliphatic heterocycles. The van der Waals surface area contributed by atoms with Gasteiger partial charge in [0.15, 0.2) is 0 Å². The van der Waals surface area contributed by atoms with E-state index in [0.29, 0.717) is 16.4 Å². The van der Waals surface area contributed by atoms with E-state index in [1.54, 1.807) is 0 Å². The van der Waals surface area contributed by atoms with Crippen LogP contribution in [0.3, 0.4) is 0 Å². The Morgan fingerprint density at radius 3 is 2.23 bits per heavy atom. The Kier molecular flexibility index (Phi) is 6.73. The topological polar surface area (TPSA) is 15.3 Å². The quantitative estimate of drug-likeness (QED) is 0.544. The first-order valence-corrected chi connectivity index (χ1v) is 5.53. The second-order valence-electron chi connectivity index (χ2n) is 3.68. The molecule has 0 saturated heterocycles. The van der Waals surface area contributed by atoms with E-state index in [2.05, 4.69) is 50.5 Å². The van der Waals surface area contributed by atoms with E-state index in [4.69, 9.17) is 12.2 Å². The molecule has 0 saturated carbocycles. The fourth-order valence-corrected chi connectivity index (χ4v) is 1.68. The van der Waals surface area contributed by atoms with Gasteiger partial charge >= 0.3 is 0 Å². The van der Waals surface area contributed by atoms with Gasteiger partial charge in [0.1, 0.15) is 4.32 Å². The SMILES string of the molecule is CC(C)NCCN(C(=S)S)C(C)C. The van der Waals surface area contributed by atoms with Gasteiger partial charge in [0.2, 0.25) is 0 Å². The number of nitrogens with zero attached hydrogens (tertiary/aromatic N) is 1. The molecule has 0 aliphatic carbocycles. The monoisotopic (exact) mass is 220 g/mol. The van der Waals surface area contributed by atoms with Crippen LogP contribution in [-0.2, 0) is 0 Å². The highest BCUT2D eigenvalue weighted by Crippen LogP contribution is 2.02. The van der Waals surface area contributed by atoms with Crippen LogP contribution >= 0.6 is 24.8 Å². The van der Waals surface area contributed by atoms with E-state index >= 15 is 0 Å². The summed E-state index contributed by atoms with van der Waals surface area (Å²) in [7, 11) is 0. The van der Waals surface area contributed by atoms with Crippen LogP contribution in [0.4, 0.5) is 0 Å². The van der Waals surface area contributed by atoms with Crippen LogP contribution in [0.25, 0.3) is 0 Å². The van der Waals surface area contributed by atoms with Crippen molar-refractivity contribution in [3.63, 3.8) is 0 Å². The lowest BCUT2D eigenvalue weighted by atomic mass is 10.3. The van der Waals surface area contributed by atoms with E-state index in [1.165, 1.54) is 0 Å². The normalized spacial score (nSPS) is 11.0. The molecule has 0 rings (SSSR count). The molecular formula is C9H20N2S2. The highest BCUT2D eigenvalue weighted by Gasteiger charge is 2.09. The van der Waals surface area contributed by atoms with Gasteiger partial charge in [0.05, 0.1) is 0 Å². The second kappa shape index (κ2) is 6.62. The summed E-state index contributed by atoms with van der Waals surface area (Å²) in [5.74, 6) is 0. The molecule has 0 aromatic heterocycles. The molecule has 0 heterocycles. The number of hydrogen-bond acceptors (Lipinski definition) is 2. The van der Waals surface area contributed by atoms with E-state index in [9.17, 15) is 0 Å². The average Bonchev–Trinajstić information content (AvgIpc) is 1.95. The van der Waals surface area contributed by atoms with Crippen LogP contribution in [0, 0.1) is 0 Å². The molecule has 0 unspecified atom stereocenters. The number of nitrogens with one attached hydrogen (secondary N) is 1. The fraction of sp³-hybridized carbons (Fsp3) is 0.889. The molecule has 0 atom stereocenters. The van der Waals surface area contributed by atoms with Gasteiger partial charge in [-0.1, -0.05) is 26.1 Å². The number of thiocarbonyl (C=S) groups is 1. The Hall–Kier alpha value is 0.200. The maximum absolute atomic E-state index is 5.03. The molecule has 0 spiro atoms. The first-order valence-electron chi connectivity index (χ1n) is 4.68. The molecule has 0 fully saturated rings. The van der Waals surface area contributed by atoms with Crippen molar-refractivity contribution in [1.82, 2.24) is 10.2 Å². The maximum atomic E-state index is 5.03. The first kappa shape index (κ1) is 13.2. The summed E-state index contributed by atoms with van der Waals surface area (Å²) >= 11 is 9.22. The summed E-state index contributed by atoms with van der Waals surface area (Å²) in [6, 6.07) is 0.960. The highest BCUT2D eigenvalue weighted by molar-refractivity contribution is 8.10. The lowest BCUT2D eigenvalue weighted by Gasteiger charge is -2.27. The molecule has 1 N–H and O–H groups in total. The maximum Gasteiger partial charge on any atom is 0.133 e. The minimum absolute atomic E-state index is 0.430. The molecule has 78 valence electrons. The van der Waals surface area contributed by atoms with Crippen molar-refractivity contribution >= 4 is 29.2 Å². The number of rotatable bonds is 5. The van der Waals surface area contributed by atoms with Gasteiger partial charge in [0, 0.05) is 25.2 Å². The molecule has 0 aromatic carbocycles. The molecule has 0 radical (unpaired) electrons. The van der Waals surface area contributed by atoms with Gasteiger partial charge in [0.25, 0.3) is 0 Å². The predicted molar refractivity (Wildman–Crippen MR) is 66.6 cm³/mol. The third kappa shape index (κ3) is 6.29. The largest absolute Gasteiger partial charge is 0.354 e. The van der Waals surface area contributed by atoms with Gasteiger partial charge in [-0.2, -0.15) is 0 Å². The van der Waals surface area contributed by atoms with Gasteiger partial charge in [-0.05, 0) is 13.8 Å². The lowest BCUT2D eigenvalue weighted by Crippen LogP contribution is -2.39. The van der Waals surface area contributed by atoms with Gasteiger partial charge in [-0.25, -0.2) is 0 Å². The van der Waals surface area contributed by atoms with Crippen molar-refractivity contribution in [1.29, 1.82) is 0 Å². The summed E-state index contributed by atoms with van der Waals surface area (Å²) in [5.41, 5.74) is 0. The molecule has 0 aromatic rings. The summed E-state index contributed by atoms with van der Waals surface area (Å²) in [6.07, 6.45) is 0. The summed E-state index contributed by atoms with van der Waals surface area (Å²) in [6.45, 7) is 10.4. The van der Waals surface area contributed by atoms with Crippen molar-refractivity contribution in [2.45, 2.75) is 39.8 Å². The smallest absolute Gasteiger partial charge is 0.133 e. The third-order valence-electron chi connectivity index (χ3n) is 1.77. The van der Waals surface area contributed by atoms with Crippen molar-refractivity contribution in [3.8, 4) is 0 Å². The molecule has 4 heteroatoms. The molecule has 0 bridgehead atoms. The van der Waals surface area contributed by atoms with Crippen molar-refractivity contribution in [3.05, 3.63) is 0 Å². The Bertz CT molecular complexity index is 158. The van der Waals surface area contributed by atoms with Gasteiger partial charge in [-0.3, -0.25) is 0 Å². The molecular weight excluding hydrogens is 200 g/mol. The highest BCUT2D eigenvalue weighted by atomic mass is 32.1. The first-order chi connectivity index (χ1) is 5.95. The Balaban J connectivity index is 3.77. The molecule has 0 aliphatic rings. The van der Waals surface area contributed by atoms with Crippen LogP contribution in [0.1, 0.15) is 27.7 Å². The van der Waals surface area contributed by atoms with E-state index in [0.717, 1.165) is 13.1 Å². The lowest BCUT2D eigenvalue weighted by molar-refractivity contribution is 0.352. The van der Waals surface area contributed by atoms with Crippen LogP contribution in [0.15, 0.2) is 0 Å². The standard InChI is InChI=1S/C9H20N2S2/c1-7(2)10-5-6-11(8(3)4)9(12)13/h7-8,10H,5-6H2,1-4H3,(H,12,13). The average molecular weight is 220 g/mol. The van der Waals surface area contributed by atoms with Crippen LogP contribution in [0.2, 0.25) is 0 Å². The van der Waals surface area contributed by atoms with E-state index in [1.807, 2.05) is 0 Å². The predicted octanol–water partition coefficient (Wildman–Crippen LogP) is 1.91. The molecule has 13 heavy (non-hydrogen) atoms. The Morgan fingerprint density at radius 1 is 1.38 bits per heavy atom. The Labute approximate surface area is 92.5 Å². The van der Waals surface area contributed by atoms with Crippen LogP contribution in [0.5, 0.6) is 0 Å². The van der Waals surface area contributed by atoms with E-state index in [-0.39, 0.29) is 0 Å². The van der Waals surface area contributed by atoms with Gasteiger partial charge in [-0.15, -0.1) is 12.6 Å². The zero-order valence-electron chi connectivity index (χ0n) is 8.87. The number of thiol groups is 1. The second-order valence-corrected chi connectivity index (χ2v) is 4.79. The zero-order valence-corrected chi connectivity index (χ0v) is 10.6. The summed E-state index contributed by atoms with van der Waals surface area (Å²) in [4.78, 5) is 2.10. The molecule has 0 amide bonds. The summed E-state index contributed by atoms with van der Waals surface area (Å²) in [5, 5.41) is 3.35. The Morgan fingerprint density at radius 2 is 1.92 bits per heavy atom. The fourth-order valence-electron chi connectivity index (χ4n) is 1.05. The van der Waals surface area contributed by atoms with E-state index < -0.39 is 0 Å². The molecule has 2 nitrogen and oxygen atoms in total. The summed E-state index contributed by atoms with van der Waals surface area (Å²) < 4.78 is 0.681. The van der Waals surface area contributed by atoms with Gasteiger partial charge < -0.3 is 10.2 Å². The number of hydrogen-bond donors (Lipinski definition) is 2. The van der Waals surface area contributed by atoms with Crippen molar-refractivity contribution < 1.29 is 0 Å². The minimum atomic E-state index is 0.430. The minimum Gasteiger partial charge on any atom is -0.354 e. The van der Waals surface area contributed by atoms with Crippen LogP contribution < -0.4 is 5.32 Å².